The van der Waals surface area contributed by atoms with Crippen LogP contribution in [0.4, 0.5) is 5.69 Å². The molecule has 2 aromatic heterocycles. The van der Waals surface area contributed by atoms with Gasteiger partial charge in [-0.2, -0.15) is 9.78 Å². The molecule has 4 aromatic rings. The van der Waals surface area contributed by atoms with Crippen LogP contribution in [0.3, 0.4) is 0 Å². The number of amides is 1. The Hall–Kier alpha value is -3.98. The molecule has 0 aliphatic carbocycles. The van der Waals surface area contributed by atoms with Crippen LogP contribution < -0.4 is 16.0 Å². The van der Waals surface area contributed by atoms with Crippen molar-refractivity contribution in [2.75, 3.05) is 31.1 Å². The summed E-state index contributed by atoms with van der Waals surface area (Å²) in [7, 11) is 0. The number of halogens is 1. The van der Waals surface area contributed by atoms with Gasteiger partial charge in [-0.1, -0.05) is 41.9 Å². The Balaban J connectivity index is 1.21. The zero-order valence-electron chi connectivity index (χ0n) is 18.9. The Bertz CT molecular complexity index is 1490. The number of benzene rings is 2. The summed E-state index contributed by atoms with van der Waals surface area (Å²) in [6.07, 6.45) is 2.19. The van der Waals surface area contributed by atoms with E-state index in [9.17, 15) is 14.4 Å². The molecule has 0 bridgehead atoms. The van der Waals surface area contributed by atoms with Crippen molar-refractivity contribution in [2.24, 2.45) is 0 Å². The quantitative estimate of drug-likeness (QED) is 0.460. The molecule has 0 unspecified atom stereocenters. The van der Waals surface area contributed by atoms with Crippen LogP contribution in [0, 0.1) is 0 Å². The van der Waals surface area contributed by atoms with Crippen molar-refractivity contribution in [3.05, 3.63) is 92.3 Å². The fourth-order valence-electron chi connectivity index (χ4n) is 4.23. The standard InChI is InChI=1S/C25H23ClN6O3/c26-23-20(16-27-32(25(23)35)17-6-2-1-3-7-17)30-12-14-31(15-13-30)22(33)11-10-21-28-19-9-5-4-8-18(19)24(34)29-21/h1-9,16H,10-15H2,(H,28,29,34). The van der Waals surface area contributed by atoms with E-state index >= 15 is 0 Å². The zero-order valence-corrected chi connectivity index (χ0v) is 19.6. The maximum absolute atomic E-state index is 12.8. The predicted octanol–water partition coefficient (Wildman–Crippen LogP) is 2.40. The van der Waals surface area contributed by atoms with Crippen molar-refractivity contribution >= 4 is 34.1 Å². The van der Waals surface area contributed by atoms with E-state index in [1.54, 1.807) is 41.4 Å². The molecular formula is C25H23ClN6O3. The van der Waals surface area contributed by atoms with E-state index in [1.807, 2.05) is 29.2 Å². The minimum atomic E-state index is -0.384. The van der Waals surface area contributed by atoms with Crippen molar-refractivity contribution in [1.29, 1.82) is 0 Å². The third kappa shape index (κ3) is 4.67. The number of H-pyrrole nitrogens is 1. The van der Waals surface area contributed by atoms with Crippen LogP contribution in [-0.4, -0.2) is 56.7 Å². The van der Waals surface area contributed by atoms with Crippen LogP contribution in [-0.2, 0) is 11.2 Å². The van der Waals surface area contributed by atoms with Crippen molar-refractivity contribution in [3.63, 3.8) is 0 Å². The smallest absolute Gasteiger partial charge is 0.292 e. The first-order valence-corrected chi connectivity index (χ1v) is 11.7. The summed E-state index contributed by atoms with van der Waals surface area (Å²) in [6.45, 7) is 2.07. The molecular weight excluding hydrogens is 468 g/mol. The van der Waals surface area contributed by atoms with Crippen LogP contribution in [0.15, 0.2) is 70.4 Å². The van der Waals surface area contributed by atoms with Gasteiger partial charge in [-0.3, -0.25) is 14.4 Å². The monoisotopic (exact) mass is 490 g/mol. The Labute approximate surface area is 205 Å². The molecule has 1 amide bonds. The molecule has 9 nitrogen and oxygen atoms in total. The number of piperazine rings is 1. The fourth-order valence-corrected chi connectivity index (χ4v) is 4.48. The van der Waals surface area contributed by atoms with E-state index in [0.29, 0.717) is 60.7 Å². The molecule has 2 aromatic carbocycles. The van der Waals surface area contributed by atoms with E-state index < -0.39 is 0 Å². The van der Waals surface area contributed by atoms with E-state index in [-0.39, 0.29) is 28.5 Å². The predicted molar refractivity (Wildman–Crippen MR) is 134 cm³/mol. The minimum absolute atomic E-state index is 0.0100. The normalized spacial score (nSPS) is 13.9. The summed E-state index contributed by atoms with van der Waals surface area (Å²) < 4.78 is 1.27. The third-order valence-corrected chi connectivity index (χ3v) is 6.47. The van der Waals surface area contributed by atoms with Crippen molar-refractivity contribution < 1.29 is 4.79 Å². The third-order valence-electron chi connectivity index (χ3n) is 6.11. The van der Waals surface area contributed by atoms with Crippen LogP contribution >= 0.6 is 11.6 Å². The number of para-hydroxylation sites is 2. The number of aromatic nitrogens is 4. The van der Waals surface area contributed by atoms with E-state index in [2.05, 4.69) is 15.1 Å². The van der Waals surface area contributed by atoms with E-state index in [4.69, 9.17) is 11.6 Å². The number of nitrogens with zero attached hydrogens (tertiary/aromatic N) is 5. The van der Waals surface area contributed by atoms with E-state index in [1.165, 1.54) is 4.68 Å². The lowest BCUT2D eigenvalue weighted by atomic mass is 10.2. The van der Waals surface area contributed by atoms with Crippen LogP contribution in [0.1, 0.15) is 12.2 Å². The number of carbonyl (C=O) groups excluding carboxylic acids is 1. The summed E-state index contributed by atoms with van der Waals surface area (Å²) in [5.74, 6) is 0.488. The average Bonchev–Trinajstić information content (AvgIpc) is 2.89. The Morgan fingerprint density at radius 2 is 1.69 bits per heavy atom. The topological polar surface area (TPSA) is 104 Å². The Kier molecular flexibility index (Phi) is 6.33. The van der Waals surface area contributed by atoms with Crippen LogP contribution in [0.5, 0.6) is 0 Å². The fraction of sp³-hybridized carbons (Fsp3) is 0.240. The lowest BCUT2D eigenvalue weighted by Gasteiger charge is -2.36. The van der Waals surface area contributed by atoms with Gasteiger partial charge in [0.25, 0.3) is 11.1 Å². The molecule has 0 radical (unpaired) electrons. The number of aryl methyl sites for hydroxylation is 1. The number of aromatic amines is 1. The first-order chi connectivity index (χ1) is 17.0. The number of fused-ring (bicyclic) bond motifs is 1. The zero-order chi connectivity index (χ0) is 24.4. The highest BCUT2D eigenvalue weighted by atomic mass is 35.5. The molecule has 5 rings (SSSR count). The van der Waals surface area contributed by atoms with Gasteiger partial charge >= 0.3 is 0 Å². The molecule has 1 saturated heterocycles. The average molecular weight is 491 g/mol. The second kappa shape index (κ2) is 9.71. The highest BCUT2D eigenvalue weighted by molar-refractivity contribution is 6.33. The molecule has 1 fully saturated rings. The molecule has 0 atom stereocenters. The highest BCUT2D eigenvalue weighted by Crippen LogP contribution is 2.23. The number of anilines is 1. The molecule has 10 heteroatoms. The van der Waals surface area contributed by atoms with Gasteiger partial charge in [0.05, 0.1) is 28.5 Å². The molecule has 0 saturated carbocycles. The summed E-state index contributed by atoms with van der Waals surface area (Å²) in [5, 5.41) is 4.93. The van der Waals surface area contributed by atoms with Gasteiger partial charge in [-0.05, 0) is 24.3 Å². The van der Waals surface area contributed by atoms with Gasteiger partial charge < -0.3 is 14.8 Å². The van der Waals surface area contributed by atoms with Crippen molar-refractivity contribution in [2.45, 2.75) is 12.8 Å². The number of carbonyl (C=O) groups is 1. The summed E-state index contributed by atoms with van der Waals surface area (Å²) in [5.41, 5.74) is 1.24. The lowest BCUT2D eigenvalue weighted by molar-refractivity contribution is -0.131. The van der Waals surface area contributed by atoms with E-state index in [0.717, 1.165) is 0 Å². The SMILES string of the molecule is O=C(CCc1nc2ccccc2c(=O)[nH]1)N1CCN(c2cnn(-c3ccccc3)c(=O)c2Cl)CC1. The van der Waals surface area contributed by atoms with Gasteiger partial charge in [-0.25, -0.2) is 4.98 Å². The molecule has 1 N–H and O–H groups in total. The molecule has 1 aliphatic heterocycles. The highest BCUT2D eigenvalue weighted by Gasteiger charge is 2.24. The molecule has 1 aliphatic rings. The minimum Gasteiger partial charge on any atom is -0.365 e. The Morgan fingerprint density at radius 3 is 2.46 bits per heavy atom. The summed E-state index contributed by atoms with van der Waals surface area (Å²) in [4.78, 5) is 48.8. The first kappa shape index (κ1) is 22.8. The second-order valence-electron chi connectivity index (χ2n) is 8.29. The number of rotatable bonds is 5. The Morgan fingerprint density at radius 1 is 0.971 bits per heavy atom. The molecule has 0 spiro atoms. The number of hydrogen-bond donors (Lipinski definition) is 1. The maximum atomic E-state index is 12.8. The van der Waals surface area contributed by atoms with Gasteiger partial charge in [0, 0.05) is 39.0 Å². The molecule has 3 heterocycles. The van der Waals surface area contributed by atoms with Gasteiger partial charge in [0.15, 0.2) is 0 Å². The number of nitrogens with one attached hydrogen (secondary N) is 1. The van der Waals surface area contributed by atoms with Gasteiger partial charge in [-0.15, -0.1) is 0 Å². The summed E-state index contributed by atoms with van der Waals surface area (Å²) >= 11 is 6.42. The van der Waals surface area contributed by atoms with Crippen molar-refractivity contribution in [3.8, 4) is 5.69 Å². The summed E-state index contributed by atoms with van der Waals surface area (Å²) in [6, 6.07) is 16.2. The van der Waals surface area contributed by atoms with Crippen LogP contribution in [0.2, 0.25) is 5.02 Å². The lowest BCUT2D eigenvalue weighted by Crippen LogP contribution is -2.49. The molecule has 178 valence electrons. The molecule has 35 heavy (non-hydrogen) atoms. The van der Waals surface area contributed by atoms with Gasteiger partial charge in [0.2, 0.25) is 5.91 Å². The second-order valence-corrected chi connectivity index (χ2v) is 8.67. The van der Waals surface area contributed by atoms with Gasteiger partial charge in [0.1, 0.15) is 10.8 Å². The van der Waals surface area contributed by atoms with Crippen LogP contribution in [0.25, 0.3) is 16.6 Å². The van der Waals surface area contributed by atoms with Crippen molar-refractivity contribution in [1.82, 2.24) is 24.6 Å². The number of hydrogen-bond acceptors (Lipinski definition) is 6. The first-order valence-electron chi connectivity index (χ1n) is 11.3. The maximum Gasteiger partial charge on any atom is 0.292 e. The largest absolute Gasteiger partial charge is 0.365 e.